The molecule has 2 aliphatic rings. The van der Waals surface area contributed by atoms with Crippen LogP contribution in [0.3, 0.4) is 0 Å². The zero-order chi connectivity index (χ0) is 13.2. The summed E-state index contributed by atoms with van der Waals surface area (Å²) in [6, 6.07) is 6.04. The van der Waals surface area contributed by atoms with E-state index in [4.69, 9.17) is 5.84 Å². The Kier molecular flexibility index (Phi) is 3.35. The zero-order valence-corrected chi connectivity index (χ0v) is 10.9. The molecule has 1 aromatic rings. The predicted octanol–water partition coefficient (Wildman–Crippen LogP) is 0.287. The number of aromatic nitrogens is 1. The van der Waals surface area contributed by atoms with Gasteiger partial charge in [-0.2, -0.15) is 0 Å². The molecule has 0 atom stereocenters. The summed E-state index contributed by atoms with van der Waals surface area (Å²) in [6.45, 7) is 3.53. The van der Waals surface area contributed by atoms with Crippen LogP contribution < -0.4 is 11.3 Å². The van der Waals surface area contributed by atoms with Crippen LogP contribution >= 0.6 is 0 Å². The molecule has 1 amide bonds. The van der Waals surface area contributed by atoms with Gasteiger partial charge in [-0.05, 0) is 25.0 Å². The van der Waals surface area contributed by atoms with Gasteiger partial charge in [-0.25, -0.2) is 10.8 Å². The van der Waals surface area contributed by atoms with E-state index in [1.165, 1.54) is 12.8 Å². The Bertz CT molecular complexity index is 466. The molecule has 0 unspecified atom stereocenters. The van der Waals surface area contributed by atoms with Crippen molar-refractivity contribution in [3.05, 3.63) is 23.9 Å². The zero-order valence-electron chi connectivity index (χ0n) is 10.9. The third kappa shape index (κ3) is 2.69. The van der Waals surface area contributed by atoms with Crippen LogP contribution in [0.5, 0.6) is 0 Å². The summed E-state index contributed by atoms with van der Waals surface area (Å²) in [5.41, 5.74) is 2.92. The lowest BCUT2D eigenvalue weighted by Crippen LogP contribution is -2.49. The Hall–Kier alpha value is -1.66. The summed E-state index contributed by atoms with van der Waals surface area (Å²) in [7, 11) is 0. The predicted molar refractivity (Wildman–Crippen MR) is 72.5 cm³/mol. The third-order valence-corrected chi connectivity index (χ3v) is 3.78. The van der Waals surface area contributed by atoms with E-state index in [-0.39, 0.29) is 5.91 Å². The van der Waals surface area contributed by atoms with Gasteiger partial charge in [0.15, 0.2) is 0 Å². The molecule has 1 saturated carbocycles. The van der Waals surface area contributed by atoms with Gasteiger partial charge in [0.25, 0.3) is 5.91 Å². The normalized spacial score (nSPS) is 20.4. The van der Waals surface area contributed by atoms with Gasteiger partial charge in [0.1, 0.15) is 11.5 Å². The highest BCUT2D eigenvalue weighted by Gasteiger charge is 2.32. The Morgan fingerprint density at radius 2 is 2.00 bits per heavy atom. The van der Waals surface area contributed by atoms with Gasteiger partial charge in [0, 0.05) is 32.2 Å². The number of piperazine rings is 1. The highest BCUT2D eigenvalue weighted by Crippen LogP contribution is 2.27. The Balaban J connectivity index is 1.63. The van der Waals surface area contributed by atoms with Crippen molar-refractivity contribution in [2.45, 2.75) is 18.9 Å². The van der Waals surface area contributed by atoms with Crippen LogP contribution in [0.1, 0.15) is 23.3 Å². The van der Waals surface area contributed by atoms with Crippen molar-refractivity contribution >= 4 is 11.7 Å². The second-order valence-corrected chi connectivity index (χ2v) is 5.11. The molecule has 2 fully saturated rings. The van der Waals surface area contributed by atoms with Crippen molar-refractivity contribution < 1.29 is 4.79 Å². The maximum Gasteiger partial charge on any atom is 0.272 e. The molecule has 1 aliphatic heterocycles. The van der Waals surface area contributed by atoms with Crippen LogP contribution in [0.4, 0.5) is 5.82 Å². The highest BCUT2D eigenvalue weighted by atomic mass is 16.2. The van der Waals surface area contributed by atoms with Gasteiger partial charge in [-0.1, -0.05) is 6.07 Å². The standard InChI is InChI=1S/C13H19N5O/c14-16-12-3-1-2-11(15-12)13(19)18-8-6-17(7-9-18)10-4-5-10/h1-3,10H,4-9,14H2,(H,15,16). The van der Waals surface area contributed by atoms with E-state index in [0.29, 0.717) is 11.5 Å². The van der Waals surface area contributed by atoms with Gasteiger partial charge < -0.3 is 10.3 Å². The lowest BCUT2D eigenvalue weighted by atomic mass is 10.2. The fourth-order valence-corrected chi connectivity index (χ4v) is 2.53. The molecule has 3 N–H and O–H groups in total. The largest absolute Gasteiger partial charge is 0.335 e. The highest BCUT2D eigenvalue weighted by molar-refractivity contribution is 5.92. The number of carbonyl (C=O) groups excluding carboxylic acids is 1. The molecule has 1 aromatic heterocycles. The number of nitrogen functional groups attached to an aromatic ring is 1. The fraction of sp³-hybridized carbons (Fsp3) is 0.538. The molecular weight excluding hydrogens is 242 g/mol. The quantitative estimate of drug-likeness (QED) is 0.604. The summed E-state index contributed by atoms with van der Waals surface area (Å²) in [5, 5.41) is 0. The molecule has 6 nitrogen and oxygen atoms in total. The Morgan fingerprint density at radius 1 is 1.26 bits per heavy atom. The van der Waals surface area contributed by atoms with Crippen molar-refractivity contribution in [2.24, 2.45) is 5.84 Å². The van der Waals surface area contributed by atoms with Crippen LogP contribution in [-0.4, -0.2) is 52.9 Å². The topological polar surface area (TPSA) is 74.5 Å². The van der Waals surface area contributed by atoms with Crippen LogP contribution in [0.25, 0.3) is 0 Å². The smallest absolute Gasteiger partial charge is 0.272 e. The number of carbonyl (C=O) groups is 1. The number of pyridine rings is 1. The lowest BCUT2D eigenvalue weighted by molar-refractivity contribution is 0.0621. The second kappa shape index (κ2) is 5.14. The number of rotatable bonds is 3. The first-order chi connectivity index (χ1) is 9.28. The molecule has 0 radical (unpaired) electrons. The number of hydrazine groups is 1. The third-order valence-electron chi connectivity index (χ3n) is 3.78. The van der Waals surface area contributed by atoms with Crippen LogP contribution in [0.2, 0.25) is 0 Å². The molecule has 6 heteroatoms. The number of nitrogens with one attached hydrogen (secondary N) is 1. The molecule has 1 aliphatic carbocycles. The molecule has 2 heterocycles. The molecule has 0 bridgehead atoms. The van der Waals surface area contributed by atoms with E-state index in [1.54, 1.807) is 18.2 Å². The van der Waals surface area contributed by atoms with Gasteiger partial charge in [-0.3, -0.25) is 9.69 Å². The van der Waals surface area contributed by atoms with Crippen LogP contribution in [0, 0.1) is 0 Å². The number of anilines is 1. The van der Waals surface area contributed by atoms with Crippen molar-refractivity contribution in [2.75, 3.05) is 31.6 Å². The van der Waals surface area contributed by atoms with Crippen molar-refractivity contribution in [3.63, 3.8) is 0 Å². The van der Waals surface area contributed by atoms with E-state index in [0.717, 1.165) is 32.2 Å². The lowest BCUT2D eigenvalue weighted by Gasteiger charge is -2.34. The number of hydrogen-bond donors (Lipinski definition) is 2. The monoisotopic (exact) mass is 261 g/mol. The van der Waals surface area contributed by atoms with E-state index in [2.05, 4.69) is 15.3 Å². The average molecular weight is 261 g/mol. The molecular formula is C13H19N5O. The number of amides is 1. The number of hydrogen-bond acceptors (Lipinski definition) is 5. The number of nitrogens with zero attached hydrogens (tertiary/aromatic N) is 3. The molecule has 3 rings (SSSR count). The summed E-state index contributed by atoms with van der Waals surface area (Å²) < 4.78 is 0. The van der Waals surface area contributed by atoms with Crippen molar-refractivity contribution in [1.82, 2.24) is 14.8 Å². The van der Waals surface area contributed by atoms with Crippen molar-refractivity contribution in [1.29, 1.82) is 0 Å². The summed E-state index contributed by atoms with van der Waals surface area (Å²) in [4.78, 5) is 20.9. The van der Waals surface area contributed by atoms with E-state index < -0.39 is 0 Å². The van der Waals surface area contributed by atoms with E-state index >= 15 is 0 Å². The molecule has 1 saturated heterocycles. The second-order valence-electron chi connectivity index (χ2n) is 5.11. The molecule has 0 aromatic carbocycles. The Labute approximate surface area is 112 Å². The van der Waals surface area contributed by atoms with Gasteiger partial charge in [-0.15, -0.1) is 0 Å². The van der Waals surface area contributed by atoms with Crippen molar-refractivity contribution in [3.8, 4) is 0 Å². The van der Waals surface area contributed by atoms with E-state index in [9.17, 15) is 4.79 Å². The van der Waals surface area contributed by atoms with Crippen LogP contribution in [-0.2, 0) is 0 Å². The Morgan fingerprint density at radius 3 is 2.63 bits per heavy atom. The minimum Gasteiger partial charge on any atom is -0.335 e. The number of nitrogens with two attached hydrogens (primary N) is 1. The minimum atomic E-state index is -0.00690. The minimum absolute atomic E-state index is 0.00690. The summed E-state index contributed by atoms with van der Waals surface area (Å²) in [6.07, 6.45) is 2.64. The fourth-order valence-electron chi connectivity index (χ4n) is 2.53. The first-order valence-corrected chi connectivity index (χ1v) is 6.75. The maximum atomic E-state index is 12.3. The average Bonchev–Trinajstić information content (AvgIpc) is 3.31. The molecule has 19 heavy (non-hydrogen) atoms. The molecule has 102 valence electrons. The maximum absolute atomic E-state index is 12.3. The first-order valence-electron chi connectivity index (χ1n) is 6.75. The SMILES string of the molecule is NNc1cccc(C(=O)N2CCN(C3CC3)CC2)n1. The molecule has 0 spiro atoms. The van der Waals surface area contributed by atoms with Gasteiger partial charge in [0.05, 0.1) is 0 Å². The van der Waals surface area contributed by atoms with Crippen LogP contribution in [0.15, 0.2) is 18.2 Å². The first kappa shape index (κ1) is 12.4. The van der Waals surface area contributed by atoms with E-state index in [1.807, 2.05) is 4.90 Å². The summed E-state index contributed by atoms with van der Waals surface area (Å²) >= 11 is 0. The van der Waals surface area contributed by atoms with Gasteiger partial charge >= 0.3 is 0 Å². The summed E-state index contributed by atoms with van der Waals surface area (Å²) in [5.74, 6) is 5.82. The van der Waals surface area contributed by atoms with Gasteiger partial charge in [0.2, 0.25) is 0 Å².